The van der Waals surface area contributed by atoms with Crippen LogP contribution in [0.4, 0.5) is 11.6 Å². The van der Waals surface area contributed by atoms with E-state index in [0.717, 1.165) is 17.2 Å². The van der Waals surface area contributed by atoms with Crippen LogP contribution in [0.2, 0.25) is 0 Å². The fourth-order valence-electron chi connectivity index (χ4n) is 2.58. The van der Waals surface area contributed by atoms with E-state index >= 15 is 0 Å². The lowest BCUT2D eigenvalue weighted by atomic mass is 10.00. The molecule has 2 unspecified atom stereocenters. The number of aromatic nitrogens is 2. The molecule has 1 aliphatic rings. The molecule has 0 bridgehead atoms. The van der Waals surface area contributed by atoms with Crippen LogP contribution in [0.15, 0.2) is 6.33 Å². The first-order valence-corrected chi connectivity index (χ1v) is 6.67. The van der Waals surface area contributed by atoms with Gasteiger partial charge in [0.1, 0.15) is 18.0 Å². The van der Waals surface area contributed by atoms with Crippen molar-refractivity contribution < 1.29 is 0 Å². The molecule has 2 heterocycles. The lowest BCUT2D eigenvalue weighted by Gasteiger charge is -2.39. The average molecular weight is 249 g/mol. The Labute approximate surface area is 109 Å². The Morgan fingerprint density at radius 1 is 1.17 bits per heavy atom. The molecule has 1 fully saturated rings. The van der Waals surface area contributed by atoms with E-state index in [2.05, 4.69) is 39.6 Å². The summed E-state index contributed by atoms with van der Waals surface area (Å²) in [5.74, 6) is 1.78. The Kier molecular flexibility index (Phi) is 4.01. The fourth-order valence-corrected chi connectivity index (χ4v) is 2.58. The molecule has 0 saturated carbocycles. The van der Waals surface area contributed by atoms with Crippen LogP contribution in [-0.2, 0) is 0 Å². The van der Waals surface area contributed by atoms with Crippen molar-refractivity contribution in [1.29, 1.82) is 0 Å². The Morgan fingerprint density at radius 2 is 1.78 bits per heavy atom. The second kappa shape index (κ2) is 5.52. The summed E-state index contributed by atoms with van der Waals surface area (Å²) in [7, 11) is 1.88. The van der Waals surface area contributed by atoms with Crippen molar-refractivity contribution in [2.75, 3.05) is 17.8 Å². The molecule has 1 saturated heterocycles. The predicted molar refractivity (Wildman–Crippen MR) is 74.6 cm³/mol. The number of anilines is 2. The lowest BCUT2D eigenvalue weighted by molar-refractivity contribution is 0.135. The Bertz CT molecular complexity index is 396. The highest BCUT2D eigenvalue weighted by atomic mass is 15.5. The molecule has 1 aliphatic heterocycles. The van der Waals surface area contributed by atoms with Crippen molar-refractivity contribution in [3.05, 3.63) is 11.9 Å². The molecule has 0 radical (unpaired) electrons. The molecule has 0 spiro atoms. The summed E-state index contributed by atoms with van der Waals surface area (Å²) in [6.45, 7) is 6.56. The largest absolute Gasteiger partial charge is 0.373 e. The Hall–Kier alpha value is -1.36. The minimum atomic E-state index is 0.543. The predicted octanol–water partition coefficient (Wildman–Crippen LogP) is 2.42. The zero-order valence-electron chi connectivity index (χ0n) is 11.7. The van der Waals surface area contributed by atoms with Crippen LogP contribution < -0.4 is 10.7 Å². The molecule has 2 atom stereocenters. The van der Waals surface area contributed by atoms with E-state index in [4.69, 9.17) is 0 Å². The van der Waals surface area contributed by atoms with Gasteiger partial charge in [0, 0.05) is 24.7 Å². The van der Waals surface area contributed by atoms with Gasteiger partial charge < -0.3 is 10.7 Å². The van der Waals surface area contributed by atoms with E-state index in [0.29, 0.717) is 12.1 Å². The van der Waals surface area contributed by atoms with E-state index in [-0.39, 0.29) is 0 Å². The molecular formula is C13H23N5. The molecule has 2 N–H and O–H groups in total. The zero-order chi connectivity index (χ0) is 13.1. The number of hydrogen-bond acceptors (Lipinski definition) is 5. The third-order valence-corrected chi connectivity index (χ3v) is 3.75. The first kappa shape index (κ1) is 13.1. The normalized spacial score (nSPS) is 24.9. The summed E-state index contributed by atoms with van der Waals surface area (Å²) in [6, 6.07) is 1.09. The maximum atomic E-state index is 4.35. The minimum absolute atomic E-state index is 0.543. The summed E-state index contributed by atoms with van der Waals surface area (Å²) < 4.78 is 0. The molecular weight excluding hydrogens is 226 g/mol. The topological polar surface area (TPSA) is 53.1 Å². The van der Waals surface area contributed by atoms with Crippen LogP contribution in [0.3, 0.4) is 0 Å². The van der Waals surface area contributed by atoms with Gasteiger partial charge in [-0.15, -0.1) is 0 Å². The van der Waals surface area contributed by atoms with Crippen molar-refractivity contribution in [2.45, 2.75) is 52.1 Å². The molecule has 18 heavy (non-hydrogen) atoms. The maximum Gasteiger partial charge on any atom is 0.148 e. The highest BCUT2D eigenvalue weighted by Crippen LogP contribution is 2.25. The summed E-state index contributed by atoms with van der Waals surface area (Å²) in [6.07, 6.45) is 5.38. The zero-order valence-corrected chi connectivity index (χ0v) is 11.7. The number of piperidine rings is 1. The van der Waals surface area contributed by atoms with Gasteiger partial charge in [-0.25, -0.2) is 15.0 Å². The molecule has 1 aromatic rings. The third-order valence-electron chi connectivity index (χ3n) is 3.75. The Morgan fingerprint density at radius 3 is 2.39 bits per heavy atom. The van der Waals surface area contributed by atoms with Crippen LogP contribution in [0.25, 0.3) is 0 Å². The van der Waals surface area contributed by atoms with Gasteiger partial charge >= 0.3 is 0 Å². The van der Waals surface area contributed by atoms with Gasteiger partial charge in [-0.05, 0) is 33.6 Å². The van der Waals surface area contributed by atoms with Gasteiger partial charge in [-0.2, -0.15) is 0 Å². The number of rotatable bonds is 3. The summed E-state index contributed by atoms with van der Waals surface area (Å²) in [5, 5.41) is 5.40. The monoisotopic (exact) mass is 249 g/mol. The van der Waals surface area contributed by atoms with Gasteiger partial charge in [0.2, 0.25) is 0 Å². The van der Waals surface area contributed by atoms with Crippen LogP contribution in [0, 0.1) is 6.92 Å². The molecule has 0 amide bonds. The molecule has 5 heteroatoms. The molecule has 5 nitrogen and oxygen atoms in total. The molecule has 100 valence electrons. The van der Waals surface area contributed by atoms with Gasteiger partial charge in [0.25, 0.3) is 0 Å². The van der Waals surface area contributed by atoms with Gasteiger partial charge in [0.05, 0.1) is 0 Å². The number of hydrogen-bond donors (Lipinski definition) is 2. The van der Waals surface area contributed by atoms with Crippen molar-refractivity contribution in [3.8, 4) is 0 Å². The second-order valence-corrected chi connectivity index (χ2v) is 5.09. The van der Waals surface area contributed by atoms with Crippen LogP contribution in [0.1, 0.15) is 38.7 Å². The summed E-state index contributed by atoms with van der Waals surface area (Å²) >= 11 is 0. The number of nitrogens with zero attached hydrogens (tertiary/aromatic N) is 3. The van der Waals surface area contributed by atoms with Crippen LogP contribution in [0.5, 0.6) is 0 Å². The SMILES string of the molecule is CNc1ncnc(NN2C(C)CCCC2C)c1C. The van der Waals surface area contributed by atoms with Crippen molar-refractivity contribution in [2.24, 2.45) is 0 Å². The highest BCUT2D eigenvalue weighted by molar-refractivity contribution is 5.55. The van der Waals surface area contributed by atoms with E-state index < -0.39 is 0 Å². The third kappa shape index (κ3) is 2.56. The minimum Gasteiger partial charge on any atom is -0.373 e. The van der Waals surface area contributed by atoms with Gasteiger partial charge in [-0.1, -0.05) is 6.42 Å². The van der Waals surface area contributed by atoms with Crippen molar-refractivity contribution >= 4 is 11.6 Å². The van der Waals surface area contributed by atoms with Gasteiger partial charge in [-0.3, -0.25) is 0 Å². The van der Waals surface area contributed by atoms with E-state index in [1.165, 1.54) is 19.3 Å². The molecule has 0 aliphatic carbocycles. The molecule has 1 aromatic heterocycles. The van der Waals surface area contributed by atoms with Gasteiger partial charge in [0.15, 0.2) is 0 Å². The Balaban J connectivity index is 2.17. The first-order chi connectivity index (χ1) is 8.63. The number of nitrogens with one attached hydrogen (secondary N) is 2. The number of hydrazine groups is 1. The van der Waals surface area contributed by atoms with E-state index in [1.807, 2.05) is 14.0 Å². The highest BCUT2D eigenvalue weighted by Gasteiger charge is 2.25. The average Bonchev–Trinajstić information content (AvgIpc) is 2.36. The van der Waals surface area contributed by atoms with E-state index in [1.54, 1.807) is 6.33 Å². The standard InChI is InChI=1S/C13H23N5/c1-9-6-5-7-10(2)18(9)17-13-11(3)12(14-4)15-8-16-13/h8-10H,5-7H2,1-4H3,(H2,14,15,16,17). The summed E-state index contributed by atoms with van der Waals surface area (Å²) in [5.41, 5.74) is 4.53. The quantitative estimate of drug-likeness (QED) is 0.861. The van der Waals surface area contributed by atoms with Crippen LogP contribution in [-0.4, -0.2) is 34.1 Å². The molecule has 2 rings (SSSR count). The summed E-state index contributed by atoms with van der Waals surface area (Å²) in [4.78, 5) is 8.55. The second-order valence-electron chi connectivity index (χ2n) is 5.09. The molecule has 0 aromatic carbocycles. The first-order valence-electron chi connectivity index (χ1n) is 6.67. The van der Waals surface area contributed by atoms with Crippen molar-refractivity contribution in [1.82, 2.24) is 15.0 Å². The lowest BCUT2D eigenvalue weighted by Crippen LogP contribution is -2.47. The maximum absolute atomic E-state index is 4.35. The fraction of sp³-hybridized carbons (Fsp3) is 0.692. The smallest absolute Gasteiger partial charge is 0.148 e. The van der Waals surface area contributed by atoms with E-state index in [9.17, 15) is 0 Å². The van der Waals surface area contributed by atoms with Crippen molar-refractivity contribution in [3.63, 3.8) is 0 Å². The van der Waals surface area contributed by atoms with Crippen LogP contribution >= 0.6 is 0 Å².